The number of Topliss-reactive ketones (excluding diaryl/α,β-unsaturated/α-hetero) is 1. The molecule has 1 aromatic rings. The standard InChI is InChI=1S/C15H21NO4/c1-10(17)13-9-15(20-4)14(19-3)8-12(13)6-5-7-16-11(2)18/h8-9H,5-7H2,1-4H3,(H,16,18). The molecule has 1 aromatic carbocycles. The van der Waals surface area contributed by atoms with Crippen molar-refractivity contribution in [1.82, 2.24) is 5.32 Å². The van der Waals surface area contributed by atoms with E-state index in [2.05, 4.69) is 5.32 Å². The van der Waals surface area contributed by atoms with Crippen molar-refractivity contribution in [3.63, 3.8) is 0 Å². The van der Waals surface area contributed by atoms with Crippen LogP contribution in [0.5, 0.6) is 11.5 Å². The van der Waals surface area contributed by atoms with E-state index in [-0.39, 0.29) is 11.7 Å². The number of ether oxygens (including phenoxy) is 2. The van der Waals surface area contributed by atoms with Crippen LogP contribution in [0.2, 0.25) is 0 Å². The van der Waals surface area contributed by atoms with Gasteiger partial charge in [-0.15, -0.1) is 0 Å². The van der Waals surface area contributed by atoms with Crippen LogP contribution in [-0.2, 0) is 11.2 Å². The summed E-state index contributed by atoms with van der Waals surface area (Å²) in [6.45, 7) is 3.59. The van der Waals surface area contributed by atoms with Crippen LogP contribution in [0, 0.1) is 0 Å². The second-order valence-corrected chi connectivity index (χ2v) is 4.51. The number of carbonyl (C=O) groups is 2. The Bertz CT molecular complexity index is 497. The molecule has 5 heteroatoms. The van der Waals surface area contributed by atoms with E-state index in [1.165, 1.54) is 21.0 Å². The predicted octanol–water partition coefficient (Wildman–Crippen LogP) is 1.98. The number of hydrogen-bond donors (Lipinski definition) is 1. The first-order valence-electron chi connectivity index (χ1n) is 6.49. The maximum Gasteiger partial charge on any atom is 0.216 e. The maximum atomic E-state index is 11.7. The van der Waals surface area contributed by atoms with Crippen molar-refractivity contribution >= 4 is 11.7 Å². The smallest absolute Gasteiger partial charge is 0.216 e. The molecule has 0 heterocycles. The molecule has 0 aliphatic heterocycles. The molecule has 5 nitrogen and oxygen atoms in total. The van der Waals surface area contributed by atoms with E-state index in [1.807, 2.05) is 6.07 Å². The first-order chi connectivity index (χ1) is 9.49. The molecule has 0 atom stereocenters. The number of amides is 1. The number of carbonyl (C=O) groups excluding carboxylic acids is 2. The van der Waals surface area contributed by atoms with Crippen LogP contribution in [0.1, 0.15) is 36.2 Å². The number of ketones is 1. The van der Waals surface area contributed by atoms with Crippen molar-refractivity contribution in [3.8, 4) is 11.5 Å². The van der Waals surface area contributed by atoms with Crippen LogP contribution < -0.4 is 14.8 Å². The van der Waals surface area contributed by atoms with Crippen LogP contribution in [-0.4, -0.2) is 32.5 Å². The quantitative estimate of drug-likeness (QED) is 0.612. The Morgan fingerprint density at radius 1 is 1.10 bits per heavy atom. The summed E-state index contributed by atoms with van der Waals surface area (Å²) in [5.74, 6) is 1.08. The Morgan fingerprint density at radius 3 is 2.20 bits per heavy atom. The average Bonchev–Trinajstić information content (AvgIpc) is 2.42. The summed E-state index contributed by atoms with van der Waals surface area (Å²) in [4.78, 5) is 22.5. The molecule has 0 bridgehead atoms. The molecular weight excluding hydrogens is 258 g/mol. The van der Waals surface area contributed by atoms with Crippen molar-refractivity contribution in [3.05, 3.63) is 23.3 Å². The summed E-state index contributed by atoms with van der Waals surface area (Å²) in [7, 11) is 3.10. The first-order valence-corrected chi connectivity index (χ1v) is 6.49. The molecule has 0 saturated heterocycles. The van der Waals surface area contributed by atoms with Crippen LogP contribution in [0.4, 0.5) is 0 Å². The number of benzene rings is 1. The van der Waals surface area contributed by atoms with E-state index in [9.17, 15) is 9.59 Å². The van der Waals surface area contributed by atoms with Crippen LogP contribution >= 0.6 is 0 Å². The molecule has 0 aliphatic rings. The lowest BCUT2D eigenvalue weighted by atomic mass is 9.99. The summed E-state index contributed by atoms with van der Waals surface area (Å²) in [5, 5.41) is 2.74. The van der Waals surface area contributed by atoms with E-state index in [0.29, 0.717) is 30.0 Å². The molecule has 20 heavy (non-hydrogen) atoms. The molecule has 0 spiro atoms. The van der Waals surface area contributed by atoms with Gasteiger partial charge in [-0.3, -0.25) is 9.59 Å². The van der Waals surface area contributed by atoms with E-state index in [4.69, 9.17) is 9.47 Å². The molecule has 110 valence electrons. The number of methoxy groups -OCH3 is 2. The van der Waals surface area contributed by atoms with E-state index >= 15 is 0 Å². The van der Waals surface area contributed by atoms with Gasteiger partial charge in [0.15, 0.2) is 17.3 Å². The summed E-state index contributed by atoms with van der Waals surface area (Å²) in [5.41, 5.74) is 1.53. The molecule has 1 amide bonds. The Balaban J connectivity index is 2.92. The third-order valence-corrected chi connectivity index (χ3v) is 2.99. The van der Waals surface area contributed by atoms with Crippen LogP contribution in [0.25, 0.3) is 0 Å². The lowest BCUT2D eigenvalue weighted by molar-refractivity contribution is -0.118. The van der Waals surface area contributed by atoms with Crippen molar-refractivity contribution in [2.75, 3.05) is 20.8 Å². The molecule has 0 fully saturated rings. The lowest BCUT2D eigenvalue weighted by Gasteiger charge is -2.13. The van der Waals surface area contributed by atoms with Gasteiger partial charge in [-0.25, -0.2) is 0 Å². The minimum atomic E-state index is -0.0518. The zero-order valence-corrected chi connectivity index (χ0v) is 12.4. The molecule has 0 saturated carbocycles. The highest BCUT2D eigenvalue weighted by Gasteiger charge is 2.13. The van der Waals surface area contributed by atoms with Gasteiger partial charge in [-0.1, -0.05) is 0 Å². The second kappa shape index (κ2) is 7.53. The molecular formula is C15H21NO4. The Hall–Kier alpha value is -2.04. The zero-order chi connectivity index (χ0) is 15.1. The maximum absolute atomic E-state index is 11.7. The Labute approximate surface area is 119 Å². The number of hydrogen-bond acceptors (Lipinski definition) is 4. The van der Waals surface area contributed by atoms with Gasteiger partial charge >= 0.3 is 0 Å². The van der Waals surface area contributed by atoms with Gasteiger partial charge in [0.1, 0.15) is 0 Å². The SMILES string of the molecule is COc1cc(CCCNC(C)=O)c(C(C)=O)cc1OC. The van der Waals surface area contributed by atoms with Crippen molar-refractivity contribution in [2.45, 2.75) is 26.7 Å². The van der Waals surface area contributed by atoms with E-state index < -0.39 is 0 Å². The van der Waals surface area contributed by atoms with Gasteiger partial charge in [-0.2, -0.15) is 0 Å². The zero-order valence-electron chi connectivity index (χ0n) is 12.4. The average molecular weight is 279 g/mol. The highest BCUT2D eigenvalue weighted by atomic mass is 16.5. The van der Waals surface area contributed by atoms with Crippen molar-refractivity contribution in [1.29, 1.82) is 0 Å². The summed E-state index contributed by atoms with van der Waals surface area (Å²) < 4.78 is 10.5. The predicted molar refractivity (Wildman–Crippen MR) is 76.6 cm³/mol. The minimum Gasteiger partial charge on any atom is -0.493 e. The molecule has 0 radical (unpaired) electrons. The fourth-order valence-corrected chi connectivity index (χ4v) is 2.00. The van der Waals surface area contributed by atoms with E-state index in [1.54, 1.807) is 13.2 Å². The van der Waals surface area contributed by atoms with Gasteiger partial charge in [0.25, 0.3) is 0 Å². The molecule has 0 aliphatic carbocycles. The third-order valence-electron chi connectivity index (χ3n) is 2.99. The fraction of sp³-hybridized carbons (Fsp3) is 0.467. The second-order valence-electron chi connectivity index (χ2n) is 4.51. The van der Waals surface area contributed by atoms with Gasteiger partial charge in [0.05, 0.1) is 14.2 Å². The summed E-state index contributed by atoms with van der Waals surface area (Å²) in [6.07, 6.45) is 1.45. The van der Waals surface area contributed by atoms with Crippen molar-refractivity contribution in [2.24, 2.45) is 0 Å². The highest BCUT2D eigenvalue weighted by Crippen LogP contribution is 2.31. The topological polar surface area (TPSA) is 64.6 Å². The third kappa shape index (κ3) is 4.26. The van der Waals surface area contributed by atoms with Crippen LogP contribution in [0.15, 0.2) is 12.1 Å². The molecule has 1 rings (SSSR count). The number of nitrogens with one attached hydrogen (secondary N) is 1. The highest BCUT2D eigenvalue weighted by molar-refractivity contribution is 5.96. The van der Waals surface area contributed by atoms with Gasteiger partial charge < -0.3 is 14.8 Å². The molecule has 0 unspecified atom stereocenters. The Kier molecular flexibility index (Phi) is 6.03. The first kappa shape index (κ1) is 16.0. The molecule has 0 aromatic heterocycles. The summed E-state index contributed by atoms with van der Waals surface area (Å²) in [6, 6.07) is 3.53. The van der Waals surface area contributed by atoms with Crippen LogP contribution in [0.3, 0.4) is 0 Å². The van der Waals surface area contributed by atoms with Gasteiger partial charge in [-0.05, 0) is 37.5 Å². The minimum absolute atomic E-state index is 0.0134. The Morgan fingerprint density at radius 2 is 1.70 bits per heavy atom. The van der Waals surface area contributed by atoms with Gasteiger partial charge in [0, 0.05) is 19.0 Å². The number of rotatable bonds is 7. The molecule has 1 N–H and O–H groups in total. The lowest BCUT2D eigenvalue weighted by Crippen LogP contribution is -2.21. The number of aryl methyl sites for hydroxylation is 1. The van der Waals surface area contributed by atoms with Crippen molar-refractivity contribution < 1.29 is 19.1 Å². The fourth-order valence-electron chi connectivity index (χ4n) is 2.00. The largest absolute Gasteiger partial charge is 0.493 e. The van der Waals surface area contributed by atoms with Gasteiger partial charge in [0.2, 0.25) is 5.91 Å². The van der Waals surface area contributed by atoms with E-state index in [0.717, 1.165) is 12.0 Å². The normalized spacial score (nSPS) is 10.0. The monoisotopic (exact) mass is 279 g/mol. The summed E-state index contributed by atoms with van der Waals surface area (Å²) >= 11 is 0.